The Morgan fingerprint density at radius 2 is 1.78 bits per heavy atom. The minimum Gasteiger partial charge on any atom is -0.491 e. The molecule has 1 aliphatic rings. The molecule has 0 saturated heterocycles. The van der Waals surface area contributed by atoms with Crippen molar-refractivity contribution in [3.63, 3.8) is 0 Å². The summed E-state index contributed by atoms with van der Waals surface area (Å²) in [6.07, 6.45) is 2.55. The molecule has 0 radical (unpaired) electrons. The monoisotopic (exact) mass is 245 g/mol. The van der Waals surface area contributed by atoms with E-state index in [9.17, 15) is 9.59 Å². The van der Waals surface area contributed by atoms with Crippen LogP contribution in [0.3, 0.4) is 0 Å². The number of imide groups is 1. The molecular formula is C14H15NO3. The van der Waals surface area contributed by atoms with Crippen molar-refractivity contribution in [2.24, 2.45) is 0 Å². The van der Waals surface area contributed by atoms with Gasteiger partial charge in [-0.15, -0.1) is 0 Å². The highest BCUT2D eigenvalue weighted by atomic mass is 16.5. The SMILES string of the molecule is Cc1ccc(OCCN2C(=O)C=CC2=O)c(C)c1. The van der Waals surface area contributed by atoms with Crippen molar-refractivity contribution in [2.75, 3.05) is 13.2 Å². The van der Waals surface area contributed by atoms with E-state index in [4.69, 9.17) is 4.74 Å². The van der Waals surface area contributed by atoms with Gasteiger partial charge in [-0.1, -0.05) is 17.7 Å². The molecule has 0 bridgehead atoms. The van der Waals surface area contributed by atoms with E-state index in [1.54, 1.807) is 0 Å². The Hall–Kier alpha value is -2.10. The standard InChI is InChI=1S/C14H15NO3/c1-10-3-4-12(11(2)9-10)18-8-7-15-13(16)5-6-14(15)17/h3-6,9H,7-8H2,1-2H3. The van der Waals surface area contributed by atoms with E-state index in [-0.39, 0.29) is 18.4 Å². The minimum atomic E-state index is -0.274. The van der Waals surface area contributed by atoms with Gasteiger partial charge in [0.15, 0.2) is 0 Å². The van der Waals surface area contributed by atoms with E-state index < -0.39 is 0 Å². The fourth-order valence-electron chi connectivity index (χ4n) is 1.86. The largest absolute Gasteiger partial charge is 0.491 e. The highest BCUT2D eigenvalue weighted by Crippen LogP contribution is 2.18. The Morgan fingerprint density at radius 1 is 1.11 bits per heavy atom. The lowest BCUT2D eigenvalue weighted by Crippen LogP contribution is -2.33. The maximum Gasteiger partial charge on any atom is 0.253 e. The van der Waals surface area contributed by atoms with Gasteiger partial charge in [-0.2, -0.15) is 0 Å². The summed E-state index contributed by atoms with van der Waals surface area (Å²) < 4.78 is 5.58. The van der Waals surface area contributed by atoms with Crippen LogP contribution in [-0.2, 0) is 9.59 Å². The van der Waals surface area contributed by atoms with Crippen molar-refractivity contribution in [3.8, 4) is 5.75 Å². The number of aryl methyl sites for hydroxylation is 2. The maximum absolute atomic E-state index is 11.3. The zero-order chi connectivity index (χ0) is 13.1. The molecule has 4 heteroatoms. The molecule has 1 aliphatic heterocycles. The molecule has 0 unspecified atom stereocenters. The molecule has 0 spiro atoms. The van der Waals surface area contributed by atoms with Gasteiger partial charge >= 0.3 is 0 Å². The summed E-state index contributed by atoms with van der Waals surface area (Å²) in [5.41, 5.74) is 2.22. The lowest BCUT2D eigenvalue weighted by Gasteiger charge is -2.15. The summed E-state index contributed by atoms with van der Waals surface area (Å²) in [5, 5.41) is 0. The van der Waals surface area contributed by atoms with Crippen LogP contribution in [0, 0.1) is 13.8 Å². The van der Waals surface area contributed by atoms with Gasteiger partial charge in [0, 0.05) is 12.2 Å². The third-order valence-electron chi connectivity index (χ3n) is 2.80. The van der Waals surface area contributed by atoms with Gasteiger partial charge in [0.2, 0.25) is 0 Å². The summed E-state index contributed by atoms with van der Waals surface area (Å²) in [6, 6.07) is 5.90. The topological polar surface area (TPSA) is 46.6 Å². The van der Waals surface area contributed by atoms with Crippen LogP contribution in [0.1, 0.15) is 11.1 Å². The van der Waals surface area contributed by atoms with Crippen molar-refractivity contribution in [1.82, 2.24) is 4.90 Å². The van der Waals surface area contributed by atoms with Crippen LogP contribution in [-0.4, -0.2) is 29.9 Å². The van der Waals surface area contributed by atoms with Crippen molar-refractivity contribution < 1.29 is 14.3 Å². The van der Waals surface area contributed by atoms with Gasteiger partial charge in [0.25, 0.3) is 11.8 Å². The van der Waals surface area contributed by atoms with Gasteiger partial charge in [0.1, 0.15) is 12.4 Å². The van der Waals surface area contributed by atoms with Crippen molar-refractivity contribution in [3.05, 3.63) is 41.5 Å². The number of hydrogen-bond donors (Lipinski definition) is 0. The Kier molecular flexibility index (Phi) is 3.46. The first-order valence-corrected chi connectivity index (χ1v) is 5.81. The lowest BCUT2D eigenvalue weighted by atomic mass is 10.1. The summed E-state index contributed by atoms with van der Waals surface area (Å²) in [5.74, 6) is 0.237. The summed E-state index contributed by atoms with van der Waals surface area (Å²) in [7, 11) is 0. The lowest BCUT2D eigenvalue weighted by molar-refractivity contribution is -0.137. The van der Waals surface area contributed by atoms with E-state index >= 15 is 0 Å². The molecule has 1 heterocycles. The number of amides is 2. The molecule has 0 aromatic heterocycles. The second-order valence-electron chi connectivity index (χ2n) is 4.28. The molecule has 18 heavy (non-hydrogen) atoms. The van der Waals surface area contributed by atoms with Gasteiger partial charge in [0.05, 0.1) is 6.54 Å². The normalized spacial score (nSPS) is 14.4. The molecule has 0 aliphatic carbocycles. The van der Waals surface area contributed by atoms with Crippen molar-refractivity contribution >= 4 is 11.8 Å². The Morgan fingerprint density at radius 3 is 2.39 bits per heavy atom. The van der Waals surface area contributed by atoms with Crippen LogP contribution in [0.2, 0.25) is 0 Å². The predicted molar refractivity (Wildman–Crippen MR) is 67.3 cm³/mol. The van der Waals surface area contributed by atoms with E-state index in [1.165, 1.54) is 22.6 Å². The first-order chi connectivity index (χ1) is 8.58. The molecule has 1 aromatic carbocycles. The number of carbonyl (C=O) groups excluding carboxylic acids is 2. The highest BCUT2D eigenvalue weighted by molar-refractivity contribution is 6.12. The number of nitrogens with zero attached hydrogens (tertiary/aromatic N) is 1. The van der Waals surface area contributed by atoms with Crippen molar-refractivity contribution in [1.29, 1.82) is 0 Å². The number of rotatable bonds is 4. The fraction of sp³-hybridized carbons (Fsp3) is 0.286. The van der Waals surface area contributed by atoms with Crippen LogP contribution in [0.15, 0.2) is 30.4 Å². The van der Waals surface area contributed by atoms with Crippen LogP contribution in [0.5, 0.6) is 5.75 Å². The molecule has 4 nitrogen and oxygen atoms in total. The van der Waals surface area contributed by atoms with Crippen LogP contribution in [0.4, 0.5) is 0 Å². The zero-order valence-corrected chi connectivity index (χ0v) is 10.5. The van der Waals surface area contributed by atoms with Gasteiger partial charge in [-0.05, 0) is 25.5 Å². The summed E-state index contributed by atoms with van der Waals surface area (Å²) >= 11 is 0. The molecule has 0 fully saturated rings. The fourth-order valence-corrected chi connectivity index (χ4v) is 1.86. The molecule has 2 rings (SSSR count). The molecule has 1 aromatic rings. The quantitative estimate of drug-likeness (QED) is 0.757. The summed E-state index contributed by atoms with van der Waals surface area (Å²) in [4.78, 5) is 23.8. The third kappa shape index (κ3) is 2.59. The molecule has 2 amide bonds. The Balaban J connectivity index is 1.89. The second-order valence-corrected chi connectivity index (χ2v) is 4.28. The van der Waals surface area contributed by atoms with Gasteiger partial charge < -0.3 is 4.74 Å². The molecule has 94 valence electrons. The third-order valence-corrected chi connectivity index (χ3v) is 2.80. The van der Waals surface area contributed by atoms with E-state index in [0.29, 0.717) is 6.61 Å². The Bertz CT molecular complexity index is 502. The van der Waals surface area contributed by atoms with Crippen LogP contribution >= 0.6 is 0 Å². The smallest absolute Gasteiger partial charge is 0.253 e. The number of ether oxygens (including phenoxy) is 1. The van der Waals surface area contributed by atoms with Crippen LogP contribution in [0.25, 0.3) is 0 Å². The first kappa shape index (κ1) is 12.4. The maximum atomic E-state index is 11.3. The number of benzene rings is 1. The molecule has 0 atom stereocenters. The number of hydrogen-bond acceptors (Lipinski definition) is 3. The van der Waals surface area contributed by atoms with Gasteiger partial charge in [-0.3, -0.25) is 14.5 Å². The molecule has 0 saturated carbocycles. The average Bonchev–Trinajstić information content (AvgIpc) is 2.63. The molecular weight excluding hydrogens is 230 g/mol. The second kappa shape index (κ2) is 5.04. The average molecular weight is 245 g/mol. The Labute approximate surface area is 106 Å². The molecule has 0 N–H and O–H groups in total. The first-order valence-electron chi connectivity index (χ1n) is 5.81. The summed E-state index contributed by atoms with van der Waals surface area (Å²) in [6.45, 7) is 4.57. The predicted octanol–water partition coefficient (Wildman–Crippen LogP) is 1.61. The van der Waals surface area contributed by atoms with E-state index in [1.807, 2.05) is 32.0 Å². The van der Waals surface area contributed by atoms with E-state index in [2.05, 4.69) is 0 Å². The van der Waals surface area contributed by atoms with Crippen molar-refractivity contribution in [2.45, 2.75) is 13.8 Å². The van der Waals surface area contributed by atoms with Crippen LogP contribution < -0.4 is 4.74 Å². The highest BCUT2D eigenvalue weighted by Gasteiger charge is 2.22. The number of carbonyl (C=O) groups is 2. The minimum absolute atomic E-state index is 0.274. The zero-order valence-electron chi connectivity index (χ0n) is 10.5. The van der Waals surface area contributed by atoms with E-state index in [0.717, 1.165) is 11.3 Å². The van der Waals surface area contributed by atoms with Gasteiger partial charge in [-0.25, -0.2) is 0 Å².